The molecule has 32 heavy (non-hydrogen) atoms. The molecule has 0 atom stereocenters. The molecule has 1 aliphatic rings. The minimum absolute atomic E-state index is 0.113. The summed E-state index contributed by atoms with van der Waals surface area (Å²) in [6.45, 7) is 3.95. The van der Waals surface area contributed by atoms with E-state index in [2.05, 4.69) is 39.6 Å². The van der Waals surface area contributed by atoms with Gasteiger partial charge in [0.05, 0.1) is 4.92 Å². The maximum Gasteiger partial charge on any atom is 0.353 e. The van der Waals surface area contributed by atoms with Crippen molar-refractivity contribution < 1.29 is 4.92 Å². The van der Waals surface area contributed by atoms with Crippen LogP contribution >= 0.6 is 0 Å². The third-order valence-electron chi connectivity index (χ3n) is 5.93. The van der Waals surface area contributed by atoms with Gasteiger partial charge < -0.3 is 16.0 Å². The number of nitrogen functional groups attached to an aromatic ring is 1. The first-order valence-corrected chi connectivity index (χ1v) is 10.9. The fraction of sp³-hybridized carbons (Fsp3) is 0.333. The first kappa shape index (κ1) is 21.5. The normalized spacial score (nSPS) is 14.3. The Morgan fingerprint density at radius 2 is 1.75 bits per heavy atom. The molecule has 8 nitrogen and oxygen atoms in total. The van der Waals surface area contributed by atoms with Gasteiger partial charge in [0.2, 0.25) is 17.6 Å². The van der Waals surface area contributed by atoms with Crippen molar-refractivity contribution in [2.45, 2.75) is 32.7 Å². The van der Waals surface area contributed by atoms with Crippen LogP contribution < -0.4 is 16.0 Å². The van der Waals surface area contributed by atoms with Crippen molar-refractivity contribution >= 4 is 23.3 Å². The predicted octanol–water partition coefficient (Wildman–Crippen LogP) is 4.35. The number of anilines is 3. The Morgan fingerprint density at radius 3 is 2.41 bits per heavy atom. The summed E-state index contributed by atoms with van der Waals surface area (Å²) in [5.74, 6) is 1.03. The second kappa shape index (κ2) is 9.64. The van der Waals surface area contributed by atoms with Gasteiger partial charge in [0.15, 0.2) is 0 Å². The van der Waals surface area contributed by atoms with Crippen LogP contribution in [0.5, 0.6) is 0 Å². The molecule has 1 fully saturated rings. The monoisotopic (exact) mass is 432 g/mol. The number of nitrogens with one attached hydrogen (secondary N) is 1. The second-order valence-corrected chi connectivity index (χ2v) is 8.32. The Morgan fingerprint density at radius 1 is 1.06 bits per heavy atom. The molecule has 3 N–H and O–H groups in total. The molecule has 3 aromatic rings. The van der Waals surface area contributed by atoms with Crippen molar-refractivity contribution in [1.29, 1.82) is 0 Å². The summed E-state index contributed by atoms with van der Waals surface area (Å²) >= 11 is 0. The summed E-state index contributed by atoms with van der Waals surface area (Å²) in [7, 11) is 0. The van der Waals surface area contributed by atoms with E-state index in [1.165, 1.54) is 11.1 Å². The molecule has 166 valence electrons. The summed E-state index contributed by atoms with van der Waals surface area (Å²) in [5.41, 5.74) is 9.35. The van der Waals surface area contributed by atoms with E-state index in [4.69, 9.17) is 5.73 Å². The molecule has 0 amide bonds. The fourth-order valence-electron chi connectivity index (χ4n) is 4.12. The van der Waals surface area contributed by atoms with Gasteiger partial charge in [-0.1, -0.05) is 60.2 Å². The molecular formula is C24H28N6O2. The smallest absolute Gasteiger partial charge is 0.353 e. The molecule has 0 bridgehead atoms. The lowest BCUT2D eigenvalue weighted by molar-refractivity contribution is -0.383. The van der Waals surface area contributed by atoms with Crippen LogP contribution in [0.15, 0.2) is 54.6 Å². The Balaban J connectivity index is 1.48. The van der Waals surface area contributed by atoms with Crippen LogP contribution in [0.1, 0.15) is 29.5 Å². The van der Waals surface area contributed by atoms with E-state index in [0.717, 1.165) is 24.8 Å². The zero-order valence-corrected chi connectivity index (χ0v) is 18.2. The van der Waals surface area contributed by atoms with Gasteiger partial charge >= 0.3 is 5.69 Å². The summed E-state index contributed by atoms with van der Waals surface area (Å²) in [6, 6.07) is 18.5. The topological polar surface area (TPSA) is 110 Å². The van der Waals surface area contributed by atoms with E-state index < -0.39 is 4.92 Å². The molecular weight excluding hydrogens is 404 g/mol. The van der Waals surface area contributed by atoms with Gasteiger partial charge in [-0.25, -0.2) is 0 Å². The highest BCUT2D eigenvalue weighted by atomic mass is 16.6. The summed E-state index contributed by atoms with van der Waals surface area (Å²) in [4.78, 5) is 21.8. The average molecular weight is 433 g/mol. The molecule has 0 radical (unpaired) electrons. The minimum atomic E-state index is -0.482. The van der Waals surface area contributed by atoms with Crippen molar-refractivity contribution in [3.05, 3.63) is 81.4 Å². The lowest BCUT2D eigenvalue weighted by Crippen LogP contribution is -2.35. The molecule has 4 rings (SSSR count). The molecule has 0 saturated carbocycles. The number of hydrogen-bond acceptors (Lipinski definition) is 7. The Bertz CT molecular complexity index is 1060. The molecule has 1 aliphatic heterocycles. The number of nitro groups is 1. The average Bonchev–Trinajstić information content (AvgIpc) is 2.79. The molecule has 0 unspecified atom stereocenters. The van der Waals surface area contributed by atoms with E-state index in [1.54, 1.807) is 0 Å². The number of rotatable bonds is 7. The van der Waals surface area contributed by atoms with Gasteiger partial charge in [-0.15, -0.1) is 0 Å². The molecule has 2 aromatic carbocycles. The Kier molecular flexibility index (Phi) is 6.49. The first-order valence-electron chi connectivity index (χ1n) is 10.9. The van der Waals surface area contributed by atoms with Crippen molar-refractivity contribution in [3.63, 3.8) is 0 Å². The van der Waals surface area contributed by atoms with Crippen LogP contribution in [-0.4, -0.2) is 28.0 Å². The Labute approximate surface area is 187 Å². The predicted molar refractivity (Wildman–Crippen MR) is 127 cm³/mol. The van der Waals surface area contributed by atoms with E-state index in [9.17, 15) is 10.1 Å². The highest BCUT2D eigenvalue weighted by Gasteiger charge is 2.30. The maximum absolute atomic E-state index is 11.7. The van der Waals surface area contributed by atoms with Crippen molar-refractivity contribution in [1.82, 2.24) is 9.97 Å². The minimum Gasteiger partial charge on any atom is -0.378 e. The molecule has 1 aromatic heterocycles. The largest absolute Gasteiger partial charge is 0.378 e. The maximum atomic E-state index is 11.7. The van der Waals surface area contributed by atoms with Crippen LogP contribution in [0.2, 0.25) is 0 Å². The van der Waals surface area contributed by atoms with Gasteiger partial charge in [0, 0.05) is 19.6 Å². The van der Waals surface area contributed by atoms with Crippen LogP contribution in [0.4, 0.5) is 23.3 Å². The van der Waals surface area contributed by atoms with E-state index in [1.807, 2.05) is 42.2 Å². The quantitative estimate of drug-likeness (QED) is 0.422. The summed E-state index contributed by atoms with van der Waals surface area (Å²) in [5, 5.41) is 14.9. The third-order valence-corrected chi connectivity index (χ3v) is 5.93. The Hall–Kier alpha value is -3.68. The van der Waals surface area contributed by atoms with Gasteiger partial charge in [-0.3, -0.25) is 10.1 Å². The summed E-state index contributed by atoms with van der Waals surface area (Å²) in [6.07, 6.45) is 2.91. The second-order valence-electron chi connectivity index (χ2n) is 8.32. The molecule has 8 heteroatoms. The van der Waals surface area contributed by atoms with Gasteiger partial charge in [0.25, 0.3) is 0 Å². The first-order chi connectivity index (χ1) is 15.5. The van der Waals surface area contributed by atoms with Crippen molar-refractivity contribution in [3.8, 4) is 0 Å². The number of nitrogens with two attached hydrogens (primary N) is 1. The highest BCUT2D eigenvalue weighted by molar-refractivity contribution is 5.71. The number of aryl methyl sites for hydroxylation is 1. The number of hydrogen-bond donors (Lipinski definition) is 2. The van der Waals surface area contributed by atoms with Gasteiger partial charge in [-0.05, 0) is 43.2 Å². The SMILES string of the molecule is Cc1ccc(CNc2nc(N)c([N+](=O)[O-])c(N3CCC(Cc4ccccc4)CC3)n2)cc1. The standard InChI is InChI=1S/C24H28N6O2/c1-17-7-9-20(10-8-17)16-26-24-27-22(25)21(30(31)32)23(28-24)29-13-11-19(12-14-29)15-18-5-3-2-4-6-18/h2-10,19H,11-16H2,1H3,(H3,25,26,27,28). The third kappa shape index (κ3) is 5.14. The lowest BCUT2D eigenvalue weighted by atomic mass is 9.90. The zero-order valence-electron chi connectivity index (χ0n) is 18.2. The number of benzene rings is 2. The highest BCUT2D eigenvalue weighted by Crippen LogP contribution is 2.35. The number of aromatic nitrogens is 2. The van der Waals surface area contributed by atoms with E-state index >= 15 is 0 Å². The van der Waals surface area contributed by atoms with Gasteiger partial charge in [0.1, 0.15) is 0 Å². The zero-order chi connectivity index (χ0) is 22.5. The lowest BCUT2D eigenvalue weighted by Gasteiger charge is -2.32. The number of nitrogens with zero attached hydrogens (tertiary/aromatic N) is 4. The van der Waals surface area contributed by atoms with Crippen LogP contribution in [-0.2, 0) is 13.0 Å². The van der Waals surface area contributed by atoms with Crippen LogP contribution in [0.3, 0.4) is 0 Å². The van der Waals surface area contributed by atoms with Crippen LogP contribution in [0.25, 0.3) is 0 Å². The molecule has 0 aliphatic carbocycles. The van der Waals surface area contributed by atoms with Crippen LogP contribution in [0, 0.1) is 23.0 Å². The number of piperidine rings is 1. The summed E-state index contributed by atoms with van der Waals surface area (Å²) < 4.78 is 0. The van der Waals surface area contributed by atoms with E-state index in [-0.39, 0.29) is 11.5 Å². The van der Waals surface area contributed by atoms with Crippen molar-refractivity contribution in [2.24, 2.45) is 5.92 Å². The fourth-order valence-corrected chi connectivity index (χ4v) is 4.12. The molecule has 0 spiro atoms. The van der Waals surface area contributed by atoms with Crippen molar-refractivity contribution in [2.75, 3.05) is 29.0 Å². The van der Waals surface area contributed by atoms with Gasteiger partial charge in [-0.2, -0.15) is 9.97 Å². The van der Waals surface area contributed by atoms with E-state index in [0.29, 0.717) is 37.3 Å². The molecule has 1 saturated heterocycles. The molecule has 2 heterocycles.